The monoisotopic (exact) mass is 551 g/mol. The Kier molecular flexibility index (Phi) is 10.7. The van der Waals surface area contributed by atoms with Gasteiger partial charge >= 0.3 is 0 Å². The first kappa shape index (κ1) is 30.2. The van der Waals surface area contributed by atoms with Gasteiger partial charge in [0.15, 0.2) is 17.3 Å². The van der Waals surface area contributed by atoms with Crippen LogP contribution in [0, 0.1) is 5.82 Å². The second kappa shape index (κ2) is 14.1. The van der Waals surface area contributed by atoms with Crippen LogP contribution in [-0.2, 0) is 16.1 Å². The van der Waals surface area contributed by atoms with Crippen molar-refractivity contribution in [3.8, 4) is 23.0 Å². The van der Waals surface area contributed by atoms with Crippen molar-refractivity contribution in [2.24, 2.45) is 0 Å². The van der Waals surface area contributed by atoms with Gasteiger partial charge in [-0.25, -0.2) is 4.39 Å². The number of hydrogen-bond donors (Lipinski definition) is 1. The van der Waals surface area contributed by atoms with Crippen LogP contribution in [-0.4, -0.2) is 45.2 Å². The van der Waals surface area contributed by atoms with Crippen molar-refractivity contribution in [1.82, 2.24) is 0 Å². The minimum atomic E-state index is -1.39. The van der Waals surface area contributed by atoms with E-state index in [0.717, 1.165) is 6.07 Å². The zero-order chi connectivity index (χ0) is 29.2. The molecule has 3 aromatic rings. The third-order valence-corrected chi connectivity index (χ3v) is 6.30. The molecule has 0 aliphatic carbocycles. The molecule has 1 amide bonds. The second-order valence-corrected chi connectivity index (χ2v) is 8.84. The molecule has 1 N–H and O–H groups in total. The van der Waals surface area contributed by atoms with Crippen molar-refractivity contribution < 1.29 is 38.0 Å². The smallest absolute Gasteiger partial charge is 0.251 e. The van der Waals surface area contributed by atoms with Gasteiger partial charge in [-0.3, -0.25) is 9.59 Å². The lowest BCUT2D eigenvalue weighted by Gasteiger charge is -2.27. The number of benzene rings is 3. The summed E-state index contributed by atoms with van der Waals surface area (Å²) in [5.74, 6) is 0.326. The van der Waals surface area contributed by atoms with Gasteiger partial charge in [-0.05, 0) is 48.9 Å². The van der Waals surface area contributed by atoms with Crippen molar-refractivity contribution in [2.45, 2.75) is 32.4 Å². The summed E-state index contributed by atoms with van der Waals surface area (Å²) in [7, 11) is 5.93. The highest BCUT2D eigenvalue weighted by atomic mass is 19.1. The van der Waals surface area contributed by atoms with E-state index in [0.29, 0.717) is 41.2 Å². The summed E-state index contributed by atoms with van der Waals surface area (Å²) in [6.07, 6.45) is 1.95. The lowest BCUT2D eigenvalue weighted by atomic mass is 9.97. The van der Waals surface area contributed by atoms with Crippen LogP contribution in [0.25, 0.3) is 0 Å². The number of amides is 1. The highest BCUT2D eigenvalue weighted by Gasteiger charge is 2.27. The van der Waals surface area contributed by atoms with E-state index in [-0.39, 0.29) is 29.3 Å². The first-order valence-electron chi connectivity index (χ1n) is 12.7. The zero-order valence-electron chi connectivity index (χ0n) is 23.3. The van der Waals surface area contributed by atoms with E-state index in [1.807, 2.05) is 6.92 Å². The molecule has 0 aromatic heterocycles. The number of ketones is 1. The van der Waals surface area contributed by atoms with E-state index in [1.165, 1.54) is 57.6 Å². The number of halogens is 1. The molecule has 0 radical (unpaired) electrons. The molecule has 0 saturated heterocycles. The summed E-state index contributed by atoms with van der Waals surface area (Å²) >= 11 is 0. The van der Waals surface area contributed by atoms with E-state index >= 15 is 0 Å². The van der Waals surface area contributed by atoms with Gasteiger partial charge in [0.25, 0.3) is 5.91 Å². The van der Waals surface area contributed by atoms with Crippen molar-refractivity contribution in [3.63, 3.8) is 0 Å². The molecule has 1 unspecified atom stereocenters. The zero-order valence-corrected chi connectivity index (χ0v) is 23.3. The standard InChI is InChI=1S/C31H34FNO7/c1-6-8-22(34)13-16-29(35)33(19-20-11-14-23(37-2)18-28(20)39-4)26-15-12-21(32)17-25(26)30(36)24-9-7-10-27(38-3)31(24)40-5/h7,9-18,30,36H,6,8,19H2,1-5H3/b16-13+. The van der Waals surface area contributed by atoms with Crippen LogP contribution >= 0.6 is 0 Å². The van der Waals surface area contributed by atoms with Crippen LogP contribution in [0.5, 0.6) is 23.0 Å². The van der Waals surface area contributed by atoms with E-state index in [4.69, 9.17) is 18.9 Å². The Morgan fingerprint density at radius 2 is 1.65 bits per heavy atom. The van der Waals surface area contributed by atoms with Crippen LogP contribution in [0.3, 0.4) is 0 Å². The minimum absolute atomic E-state index is 0.0150. The number of aliphatic hydroxyl groups excluding tert-OH is 1. The number of carbonyl (C=O) groups is 2. The van der Waals surface area contributed by atoms with Crippen LogP contribution in [0.4, 0.5) is 10.1 Å². The summed E-state index contributed by atoms with van der Waals surface area (Å²) in [5.41, 5.74) is 1.28. The first-order valence-corrected chi connectivity index (χ1v) is 12.7. The highest BCUT2D eigenvalue weighted by molar-refractivity contribution is 6.05. The molecule has 8 nitrogen and oxygen atoms in total. The molecule has 0 fully saturated rings. The number of nitrogens with zero attached hydrogens (tertiary/aromatic N) is 1. The van der Waals surface area contributed by atoms with Crippen molar-refractivity contribution in [2.75, 3.05) is 33.3 Å². The molecule has 0 aliphatic rings. The molecule has 40 heavy (non-hydrogen) atoms. The van der Waals surface area contributed by atoms with Gasteiger partial charge in [-0.15, -0.1) is 0 Å². The predicted octanol–water partition coefficient (Wildman–Crippen LogP) is 5.40. The average molecular weight is 552 g/mol. The van der Waals surface area contributed by atoms with Gasteiger partial charge in [0.1, 0.15) is 23.4 Å². The van der Waals surface area contributed by atoms with Gasteiger partial charge in [0.05, 0.1) is 40.7 Å². The maximum Gasteiger partial charge on any atom is 0.251 e. The number of anilines is 1. The molecule has 9 heteroatoms. The Bertz CT molecular complexity index is 1370. The number of carbonyl (C=O) groups excluding carboxylic acids is 2. The van der Waals surface area contributed by atoms with Crippen molar-refractivity contribution >= 4 is 17.4 Å². The fourth-order valence-electron chi connectivity index (χ4n) is 4.30. The third kappa shape index (κ3) is 6.98. The summed E-state index contributed by atoms with van der Waals surface area (Å²) < 4.78 is 36.3. The first-order chi connectivity index (χ1) is 19.3. The molecule has 0 bridgehead atoms. The third-order valence-electron chi connectivity index (χ3n) is 6.30. The van der Waals surface area contributed by atoms with Crippen LogP contribution in [0.1, 0.15) is 42.6 Å². The SMILES string of the molecule is CCCC(=O)/C=C/C(=O)N(Cc1ccc(OC)cc1OC)c1ccc(F)cc1C(O)c1cccc(OC)c1OC. The summed E-state index contributed by atoms with van der Waals surface area (Å²) in [4.78, 5) is 27.1. The normalized spacial score (nSPS) is 11.7. The molecule has 3 aromatic carbocycles. The van der Waals surface area contributed by atoms with Gasteiger partial charge in [0, 0.05) is 35.3 Å². The van der Waals surface area contributed by atoms with E-state index < -0.39 is 17.8 Å². The van der Waals surface area contributed by atoms with E-state index in [9.17, 15) is 19.1 Å². The Morgan fingerprint density at radius 3 is 2.30 bits per heavy atom. The largest absolute Gasteiger partial charge is 0.497 e. The Morgan fingerprint density at radius 1 is 0.900 bits per heavy atom. The molecule has 212 valence electrons. The summed E-state index contributed by atoms with van der Waals surface area (Å²) in [6.45, 7) is 1.85. The van der Waals surface area contributed by atoms with Gasteiger partial charge in [0.2, 0.25) is 0 Å². The predicted molar refractivity (Wildman–Crippen MR) is 150 cm³/mol. The van der Waals surface area contributed by atoms with Gasteiger partial charge in [-0.2, -0.15) is 0 Å². The number of methoxy groups -OCH3 is 4. The van der Waals surface area contributed by atoms with Crippen molar-refractivity contribution in [3.05, 3.63) is 89.3 Å². The fourth-order valence-corrected chi connectivity index (χ4v) is 4.30. The molecule has 0 aliphatic heterocycles. The highest BCUT2D eigenvalue weighted by Crippen LogP contribution is 2.40. The Hall–Kier alpha value is -4.37. The Balaban J connectivity index is 2.17. The van der Waals surface area contributed by atoms with Crippen LogP contribution in [0.2, 0.25) is 0 Å². The number of para-hydroxylation sites is 1. The minimum Gasteiger partial charge on any atom is -0.497 e. The maximum atomic E-state index is 14.6. The topological polar surface area (TPSA) is 94.5 Å². The molecule has 0 spiro atoms. The maximum absolute atomic E-state index is 14.6. The second-order valence-electron chi connectivity index (χ2n) is 8.84. The molecule has 1 atom stereocenters. The van der Waals surface area contributed by atoms with Crippen LogP contribution < -0.4 is 23.8 Å². The van der Waals surface area contributed by atoms with Gasteiger partial charge in [-0.1, -0.05) is 19.1 Å². The lowest BCUT2D eigenvalue weighted by molar-refractivity contribution is -0.116. The molecule has 0 saturated carbocycles. The number of ether oxygens (including phenoxy) is 4. The molecule has 0 heterocycles. The summed E-state index contributed by atoms with van der Waals surface area (Å²) in [5, 5.41) is 11.5. The number of hydrogen-bond acceptors (Lipinski definition) is 7. The van der Waals surface area contributed by atoms with E-state index in [2.05, 4.69) is 0 Å². The number of aliphatic hydroxyl groups is 1. The number of rotatable bonds is 13. The quantitative estimate of drug-likeness (QED) is 0.284. The average Bonchev–Trinajstić information content (AvgIpc) is 2.98. The fraction of sp³-hybridized carbons (Fsp3) is 0.290. The Labute approximate surface area is 233 Å². The van der Waals surface area contributed by atoms with E-state index in [1.54, 1.807) is 36.4 Å². The molecule has 3 rings (SSSR count). The van der Waals surface area contributed by atoms with Gasteiger partial charge < -0.3 is 29.0 Å². The van der Waals surface area contributed by atoms with Crippen molar-refractivity contribution in [1.29, 1.82) is 0 Å². The van der Waals surface area contributed by atoms with Crippen LogP contribution in [0.15, 0.2) is 66.7 Å². The number of allylic oxidation sites excluding steroid dienone is 1. The summed E-state index contributed by atoms with van der Waals surface area (Å²) in [6, 6.07) is 13.9. The lowest BCUT2D eigenvalue weighted by Crippen LogP contribution is -2.30. The molecular weight excluding hydrogens is 517 g/mol. The molecular formula is C31H34FNO7.